The average molecular weight is 586 g/mol. The topological polar surface area (TPSA) is 87.9 Å². The molecule has 1 aliphatic heterocycles. The summed E-state index contributed by atoms with van der Waals surface area (Å²) in [7, 11) is -4.15. The lowest BCUT2D eigenvalue weighted by atomic mass is 10.1. The number of rotatable bonds is 6. The summed E-state index contributed by atoms with van der Waals surface area (Å²) >= 11 is 2.13. The molecule has 7 nitrogen and oxygen atoms in total. The molecule has 1 atom stereocenters. The minimum Gasteiger partial charge on any atom is -0.468 e. The molecule has 172 valence electrons. The maximum atomic E-state index is 13.8. The zero-order valence-electron chi connectivity index (χ0n) is 17.8. The third-order valence-electron chi connectivity index (χ3n) is 5.77. The second-order valence-corrected chi connectivity index (χ2v) is 11.0. The van der Waals surface area contributed by atoms with Crippen molar-refractivity contribution in [2.75, 3.05) is 4.90 Å². The van der Waals surface area contributed by atoms with Crippen molar-refractivity contribution in [3.8, 4) is 0 Å². The fraction of sp³-hybridized carbons (Fsp3) is 0.120. The highest BCUT2D eigenvalue weighted by Gasteiger charge is 2.47. The number of fused-ring (bicyclic) bond motifs is 1. The van der Waals surface area contributed by atoms with Crippen molar-refractivity contribution >= 4 is 60.9 Å². The van der Waals surface area contributed by atoms with E-state index < -0.39 is 27.9 Å². The molecule has 5 rings (SSSR count). The third kappa shape index (κ3) is 4.15. The quantitative estimate of drug-likeness (QED) is 0.244. The van der Waals surface area contributed by atoms with E-state index in [4.69, 9.17) is 4.42 Å². The van der Waals surface area contributed by atoms with E-state index in [1.165, 1.54) is 12.3 Å². The number of anilines is 1. The molecule has 3 aromatic carbocycles. The molecule has 4 aromatic rings. The average Bonchev–Trinajstić information content (AvgIpc) is 3.45. The number of carbonyl (C=O) groups is 2. The monoisotopic (exact) mass is 586 g/mol. The van der Waals surface area contributed by atoms with Crippen LogP contribution in [-0.4, -0.2) is 30.6 Å². The van der Waals surface area contributed by atoms with Crippen molar-refractivity contribution < 1.29 is 22.4 Å². The summed E-state index contributed by atoms with van der Waals surface area (Å²) in [6.07, 6.45) is 1.19. The van der Waals surface area contributed by atoms with Crippen LogP contribution in [0.15, 0.2) is 94.4 Å². The van der Waals surface area contributed by atoms with Crippen molar-refractivity contribution in [2.45, 2.75) is 23.9 Å². The summed E-state index contributed by atoms with van der Waals surface area (Å²) in [5, 5.41) is 1.66. The molecule has 0 aliphatic carbocycles. The SMILES string of the molecule is O=C1CC(N(Cc2ccco2)S(=O)(=O)c2ccc3ccccc3c2)C(=O)N1c1ccc(I)cc1. The lowest BCUT2D eigenvalue weighted by Gasteiger charge is -2.26. The number of imide groups is 1. The van der Waals surface area contributed by atoms with Gasteiger partial charge in [-0.1, -0.05) is 30.3 Å². The molecular formula is C25H19IN2O5S. The summed E-state index contributed by atoms with van der Waals surface area (Å²) in [4.78, 5) is 27.4. The standard InChI is InChI=1S/C25H19IN2O5S/c26-19-8-10-20(11-9-19)28-24(29)15-23(25(28)30)27(16-21-6-3-13-33-21)34(31,32)22-12-7-17-4-1-2-5-18(17)14-22/h1-14,23H,15-16H2. The van der Waals surface area contributed by atoms with E-state index in [2.05, 4.69) is 22.6 Å². The molecule has 0 radical (unpaired) electrons. The van der Waals surface area contributed by atoms with E-state index >= 15 is 0 Å². The van der Waals surface area contributed by atoms with Crippen molar-refractivity contribution in [1.29, 1.82) is 0 Å². The minimum atomic E-state index is -4.15. The zero-order chi connectivity index (χ0) is 23.9. The van der Waals surface area contributed by atoms with E-state index in [0.717, 1.165) is 23.5 Å². The molecule has 1 fully saturated rings. The molecule has 0 spiro atoms. The highest BCUT2D eigenvalue weighted by Crippen LogP contribution is 2.32. The Morgan fingerprint density at radius 1 is 0.941 bits per heavy atom. The first kappa shape index (κ1) is 22.8. The number of hydrogen-bond acceptors (Lipinski definition) is 5. The van der Waals surface area contributed by atoms with Gasteiger partial charge in [-0.2, -0.15) is 4.31 Å². The van der Waals surface area contributed by atoms with E-state index in [1.807, 2.05) is 24.3 Å². The van der Waals surface area contributed by atoms with Gasteiger partial charge in [0.05, 0.1) is 29.8 Å². The predicted molar refractivity (Wildman–Crippen MR) is 135 cm³/mol. The van der Waals surface area contributed by atoms with Crippen LogP contribution in [0.2, 0.25) is 0 Å². The van der Waals surface area contributed by atoms with Crippen LogP contribution < -0.4 is 4.90 Å². The van der Waals surface area contributed by atoms with E-state index in [1.54, 1.807) is 48.5 Å². The van der Waals surface area contributed by atoms with Crippen LogP contribution in [0.5, 0.6) is 0 Å². The van der Waals surface area contributed by atoms with E-state index in [-0.39, 0.29) is 17.9 Å². The smallest absolute Gasteiger partial charge is 0.252 e. The number of sulfonamides is 1. The molecule has 1 aromatic heterocycles. The summed E-state index contributed by atoms with van der Waals surface area (Å²) in [5.41, 5.74) is 0.416. The lowest BCUT2D eigenvalue weighted by molar-refractivity contribution is -0.122. The van der Waals surface area contributed by atoms with Crippen LogP contribution >= 0.6 is 22.6 Å². The van der Waals surface area contributed by atoms with Crippen LogP contribution in [0.25, 0.3) is 10.8 Å². The van der Waals surface area contributed by atoms with Crippen molar-refractivity contribution in [3.05, 3.63) is 94.5 Å². The predicted octanol–water partition coefficient (Wildman–Crippen LogP) is 4.56. The summed E-state index contributed by atoms with van der Waals surface area (Å²) < 4.78 is 35.1. The molecule has 9 heteroatoms. The molecule has 1 aliphatic rings. The fourth-order valence-electron chi connectivity index (χ4n) is 4.08. The van der Waals surface area contributed by atoms with Gasteiger partial charge in [0.1, 0.15) is 11.8 Å². The summed E-state index contributed by atoms with van der Waals surface area (Å²) in [6, 6.07) is 21.3. The Balaban J connectivity index is 1.56. The molecular weight excluding hydrogens is 567 g/mol. The molecule has 1 unspecified atom stereocenters. The Morgan fingerprint density at radius 3 is 2.38 bits per heavy atom. The Morgan fingerprint density at radius 2 is 1.68 bits per heavy atom. The highest BCUT2D eigenvalue weighted by molar-refractivity contribution is 14.1. The Hall–Kier alpha value is -3.02. The van der Waals surface area contributed by atoms with E-state index in [9.17, 15) is 18.0 Å². The first-order valence-electron chi connectivity index (χ1n) is 10.5. The van der Waals surface area contributed by atoms with Gasteiger partial charge in [0, 0.05) is 3.57 Å². The van der Waals surface area contributed by atoms with Gasteiger partial charge in [-0.15, -0.1) is 0 Å². The Bertz CT molecular complexity index is 1480. The van der Waals surface area contributed by atoms with Crippen LogP contribution in [0, 0.1) is 3.57 Å². The van der Waals surface area contributed by atoms with Crippen LogP contribution in [0.3, 0.4) is 0 Å². The van der Waals surface area contributed by atoms with Gasteiger partial charge >= 0.3 is 0 Å². The van der Waals surface area contributed by atoms with Gasteiger partial charge in [0.15, 0.2) is 0 Å². The summed E-state index contributed by atoms with van der Waals surface area (Å²) in [5.74, 6) is -0.658. The van der Waals surface area contributed by atoms with Crippen molar-refractivity contribution in [2.24, 2.45) is 0 Å². The van der Waals surface area contributed by atoms with Crippen LogP contribution in [0.4, 0.5) is 5.69 Å². The minimum absolute atomic E-state index is 0.0470. The van der Waals surface area contributed by atoms with Gasteiger partial charge in [-0.05, 0) is 81.9 Å². The number of amides is 2. The highest BCUT2D eigenvalue weighted by atomic mass is 127. The van der Waals surface area contributed by atoms with E-state index in [0.29, 0.717) is 11.4 Å². The second kappa shape index (κ2) is 8.97. The number of nitrogens with zero attached hydrogens (tertiary/aromatic N) is 2. The molecule has 34 heavy (non-hydrogen) atoms. The van der Waals surface area contributed by atoms with Crippen molar-refractivity contribution in [3.63, 3.8) is 0 Å². The largest absolute Gasteiger partial charge is 0.468 e. The van der Waals surface area contributed by atoms with Crippen LogP contribution in [-0.2, 0) is 26.2 Å². The maximum Gasteiger partial charge on any atom is 0.252 e. The third-order valence-corrected chi connectivity index (χ3v) is 8.34. The maximum absolute atomic E-state index is 13.8. The molecule has 0 saturated carbocycles. The zero-order valence-corrected chi connectivity index (χ0v) is 20.8. The lowest BCUT2D eigenvalue weighted by Crippen LogP contribution is -2.45. The normalized spacial score (nSPS) is 16.6. The van der Waals surface area contributed by atoms with Gasteiger partial charge in [0.2, 0.25) is 15.9 Å². The Kier molecular flexibility index (Phi) is 6.00. The van der Waals surface area contributed by atoms with Crippen molar-refractivity contribution in [1.82, 2.24) is 4.31 Å². The number of carbonyl (C=O) groups excluding carboxylic acids is 2. The molecule has 0 N–H and O–H groups in total. The number of hydrogen-bond donors (Lipinski definition) is 0. The molecule has 2 amide bonds. The Labute approximate surface area is 210 Å². The molecule has 2 heterocycles. The number of halogens is 1. The first-order valence-corrected chi connectivity index (χ1v) is 13.0. The van der Waals surface area contributed by atoms with Gasteiger partial charge in [0.25, 0.3) is 5.91 Å². The van der Waals surface area contributed by atoms with Gasteiger partial charge in [-0.25, -0.2) is 13.3 Å². The van der Waals surface area contributed by atoms with Gasteiger partial charge in [-0.3, -0.25) is 9.59 Å². The number of furan rings is 1. The molecule has 0 bridgehead atoms. The number of benzene rings is 3. The summed E-state index contributed by atoms with van der Waals surface area (Å²) in [6.45, 7) is -0.174. The first-order chi connectivity index (χ1) is 16.3. The molecule has 1 saturated heterocycles. The fourth-order valence-corrected chi connectivity index (χ4v) is 6.03. The van der Waals surface area contributed by atoms with Crippen LogP contribution in [0.1, 0.15) is 12.2 Å². The second-order valence-electron chi connectivity index (χ2n) is 7.90. The van der Waals surface area contributed by atoms with Gasteiger partial charge < -0.3 is 4.42 Å².